The molecule has 0 aromatic heterocycles. The lowest BCUT2D eigenvalue weighted by molar-refractivity contribution is 0.482. The van der Waals surface area contributed by atoms with Crippen LogP contribution < -0.4 is 15.0 Å². The first-order valence-electron chi connectivity index (χ1n) is 17.0. The summed E-state index contributed by atoms with van der Waals surface area (Å²) < 4.78 is 6.11. The Bertz CT molecular complexity index is 1950. The predicted molar refractivity (Wildman–Crippen MR) is 208 cm³/mol. The number of rotatable bonds is 11. The molecule has 0 aliphatic heterocycles. The second kappa shape index (κ2) is 15.9. The van der Waals surface area contributed by atoms with E-state index in [0.717, 1.165) is 40.7 Å². The van der Waals surface area contributed by atoms with E-state index in [2.05, 4.69) is 158 Å². The molecule has 4 aromatic carbocycles. The van der Waals surface area contributed by atoms with E-state index in [1.165, 1.54) is 27.8 Å². The second-order valence-electron chi connectivity index (χ2n) is 12.4. The minimum absolute atomic E-state index is 0.181. The molecule has 0 saturated heterocycles. The first-order valence-corrected chi connectivity index (χ1v) is 17.0. The Morgan fingerprint density at radius 1 is 0.796 bits per heavy atom. The van der Waals surface area contributed by atoms with Gasteiger partial charge in [0.2, 0.25) is 0 Å². The van der Waals surface area contributed by atoms with Gasteiger partial charge in [0.15, 0.2) is 0 Å². The number of benzene rings is 4. The average Bonchev–Trinajstić information content (AvgIpc) is 3.40. The second-order valence-corrected chi connectivity index (χ2v) is 12.4. The van der Waals surface area contributed by atoms with E-state index in [1.807, 2.05) is 49.4 Å². The Labute approximate surface area is 292 Å². The highest BCUT2D eigenvalue weighted by Gasteiger charge is 2.22. The Balaban J connectivity index is 1.23. The van der Waals surface area contributed by atoms with Crippen molar-refractivity contribution in [1.29, 1.82) is 0 Å². The number of nitrogens with zero attached hydrogens (tertiary/aromatic N) is 1. The van der Waals surface area contributed by atoms with Crippen molar-refractivity contribution in [2.45, 2.75) is 39.2 Å². The maximum absolute atomic E-state index is 6.11. The largest absolute Gasteiger partial charge is 0.457 e. The van der Waals surface area contributed by atoms with Gasteiger partial charge >= 0.3 is 0 Å². The number of ether oxygens (including phenoxy) is 1. The third-order valence-corrected chi connectivity index (χ3v) is 8.70. The summed E-state index contributed by atoms with van der Waals surface area (Å²) >= 11 is 0. The van der Waals surface area contributed by atoms with Gasteiger partial charge in [0.25, 0.3) is 0 Å². The Hall–Kier alpha value is -5.80. The van der Waals surface area contributed by atoms with Crippen LogP contribution in [0.15, 0.2) is 194 Å². The van der Waals surface area contributed by atoms with Gasteiger partial charge in [0.05, 0.1) is 6.04 Å². The molecule has 2 unspecified atom stereocenters. The SMILES string of the molecule is C=C/C=C(\C=C/C)N(c1ccc(Oc2ccc(C)cc2)cc1)c1ccc(-c2ccc(C3C=C(C)C=CC3NC3=CC=CCC=C3)cc2)cc1. The topological polar surface area (TPSA) is 24.5 Å². The third kappa shape index (κ3) is 8.38. The normalized spacial score (nSPS) is 17.3. The average molecular weight is 641 g/mol. The van der Waals surface area contributed by atoms with Crippen LogP contribution in [0.2, 0.25) is 0 Å². The van der Waals surface area contributed by atoms with Crippen LogP contribution in [-0.2, 0) is 0 Å². The maximum Gasteiger partial charge on any atom is 0.127 e. The zero-order valence-electron chi connectivity index (χ0n) is 28.6. The fraction of sp³-hybridized carbons (Fsp3) is 0.130. The molecule has 0 heterocycles. The Morgan fingerprint density at radius 3 is 2.08 bits per heavy atom. The fourth-order valence-corrected chi connectivity index (χ4v) is 6.18. The van der Waals surface area contributed by atoms with Gasteiger partial charge in [-0.3, -0.25) is 0 Å². The summed E-state index contributed by atoms with van der Waals surface area (Å²) in [6.45, 7) is 10.3. The van der Waals surface area contributed by atoms with E-state index in [4.69, 9.17) is 4.74 Å². The lowest BCUT2D eigenvalue weighted by atomic mass is 9.85. The van der Waals surface area contributed by atoms with Gasteiger partial charge in [-0.05, 0) is 117 Å². The smallest absolute Gasteiger partial charge is 0.127 e. The lowest BCUT2D eigenvalue weighted by Gasteiger charge is -2.28. The van der Waals surface area contributed by atoms with Crippen LogP contribution in [0.25, 0.3) is 11.1 Å². The van der Waals surface area contributed by atoms with Crippen LogP contribution in [0.5, 0.6) is 11.5 Å². The number of allylic oxidation sites excluding steroid dienone is 11. The van der Waals surface area contributed by atoms with Crippen molar-refractivity contribution in [2.75, 3.05) is 4.90 Å². The van der Waals surface area contributed by atoms with Crippen LogP contribution in [0, 0.1) is 6.92 Å². The number of hydrogen-bond donors (Lipinski definition) is 1. The minimum Gasteiger partial charge on any atom is -0.457 e. The van der Waals surface area contributed by atoms with Crippen molar-refractivity contribution >= 4 is 11.4 Å². The zero-order chi connectivity index (χ0) is 34.0. The molecule has 0 spiro atoms. The summed E-state index contributed by atoms with van der Waals surface area (Å²) in [6.07, 6.45) is 26.7. The summed E-state index contributed by atoms with van der Waals surface area (Å²) in [4.78, 5) is 2.23. The predicted octanol–water partition coefficient (Wildman–Crippen LogP) is 12.2. The van der Waals surface area contributed by atoms with Gasteiger partial charge in [0, 0.05) is 28.7 Å². The number of nitrogens with one attached hydrogen (secondary N) is 1. The number of aryl methyl sites for hydroxylation is 1. The van der Waals surface area contributed by atoms with Crippen molar-refractivity contribution in [3.63, 3.8) is 0 Å². The molecule has 0 saturated carbocycles. The van der Waals surface area contributed by atoms with Crippen molar-refractivity contribution in [3.8, 4) is 22.6 Å². The first kappa shape index (κ1) is 33.1. The molecule has 49 heavy (non-hydrogen) atoms. The molecule has 244 valence electrons. The van der Waals surface area contributed by atoms with Crippen molar-refractivity contribution in [3.05, 3.63) is 205 Å². The molecule has 1 N–H and O–H groups in total. The van der Waals surface area contributed by atoms with Gasteiger partial charge in [-0.15, -0.1) is 0 Å². The van der Waals surface area contributed by atoms with Crippen LogP contribution in [0.4, 0.5) is 11.4 Å². The van der Waals surface area contributed by atoms with Crippen LogP contribution in [0.3, 0.4) is 0 Å². The van der Waals surface area contributed by atoms with E-state index in [-0.39, 0.29) is 12.0 Å². The molecule has 2 aliphatic carbocycles. The fourth-order valence-electron chi connectivity index (χ4n) is 6.18. The van der Waals surface area contributed by atoms with E-state index in [0.29, 0.717) is 0 Å². The summed E-state index contributed by atoms with van der Waals surface area (Å²) in [5.41, 5.74) is 10.4. The minimum atomic E-state index is 0.181. The molecule has 4 aromatic rings. The summed E-state index contributed by atoms with van der Waals surface area (Å²) in [7, 11) is 0. The molecule has 0 fully saturated rings. The first-order chi connectivity index (χ1) is 24.0. The quantitative estimate of drug-likeness (QED) is 0.165. The lowest BCUT2D eigenvalue weighted by Crippen LogP contribution is -2.33. The zero-order valence-corrected chi connectivity index (χ0v) is 28.6. The van der Waals surface area contributed by atoms with Crippen LogP contribution in [-0.4, -0.2) is 6.04 Å². The molecule has 0 bridgehead atoms. The van der Waals surface area contributed by atoms with Gasteiger partial charge in [-0.25, -0.2) is 0 Å². The molecule has 3 nitrogen and oxygen atoms in total. The third-order valence-electron chi connectivity index (χ3n) is 8.70. The molecular formula is C46H44N2O. The molecule has 0 radical (unpaired) electrons. The van der Waals surface area contributed by atoms with Crippen LogP contribution >= 0.6 is 0 Å². The Kier molecular flexibility index (Phi) is 10.7. The van der Waals surface area contributed by atoms with Gasteiger partial charge in [-0.2, -0.15) is 0 Å². The Morgan fingerprint density at radius 2 is 1.43 bits per heavy atom. The highest BCUT2D eigenvalue weighted by Crippen LogP contribution is 2.35. The van der Waals surface area contributed by atoms with Crippen LogP contribution in [0.1, 0.15) is 37.3 Å². The molecule has 2 atom stereocenters. The van der Waals surface area contributed by atoms with Crippen molar-refractivity contribution < 1.29 is 4.74 Å². The molecule has 3 heteroatoms. The van der Waals surface area contributed by atoms with Crippen molar-refractivity contribution in [1.82, 2.24) is 5.32 Å². The summed E-state index contributed by atoms with van der Waals surface area (Å²) in [5.74, 6) is 1.85. The highest BCUT2D eigenvalue weighted by atomic mass is 16.5. The number of hydrogen-bond acceptors (Lipinski definition) is 3. The van der Waals surface area contributed by atoms with E-state index >= 15 is 0 Å². The molecule has 2 aliphatic rings. The maximum atomic E-state index is 6.11. The monoisotopic (exact) mass is 640 g/mol. The van der Waals surface area contributed by atoms with Gasteiger partial charge < -0.3 is 15.0 Å². The van der Waals surface area contributed by atoms with Gasteiger partial charge in [0.1, 0.15) is 11.5 Å². The van der Waals surface area contributed by atoms with Gasteiger partial charge in [-0.1, -0.05) is 115 Å². The molecule has 6 rings (SSSR count). The standard InChI is InChI=1S/C46H44N2O/c1-5-11-40(12-6-2)48(42-26-30-44(31-27-42)49-43-28-15-34(3)16-29-43)41-24-22-37(23-25-41)36-18-20-38(21-19-36)45-33-35(4)17-32-46(45)47-39-13-9-7-8-10-14-39/h5-7,9-33,45-47H,1,8H2,2-4H3/b12-6-,40-11+. The van der Waals surface area contributed by atoms with E-state index < -0.39 is 0 Å². The number of anilines is 2. The van der Waals surface area contributed by atoms with E-state index in [1.54, 1.807) is 0 Å². The van der Waals surface area contributed by atoms with E-state index in [9.17, 15) is 0 Å². The summed E-state index contributed by atoms with van der Waals surface area (Å²) in [5, 5.41) is 3.75. The highest BCUT2D eigenvalue weighted by molar-refractivity contribution is 5.74. The summed E-state index contributed by atoms with van der Waals surface area (Å²) in [6, 6.07) is 34.3. The molecular weight excluding hydrogens is 597 g/mol. The molecule has 0 amide bonds. The van der Waals surface area contributed by atoms with Crippen molar-refractivity contribution in [2.24, 2.45) is 0 Å².